The Morgan fingerprint density at radius 1 is 1.64 bits per heavy atom. The smallest absolute Gasteiger partial charge is 0.166 e. The fraction of sp³-hybridized carbons (Fsp3) is 0.500. The highest BCUT2D eigenvalue weighted by atomic mass is 16.1. The number of hydrogen-bond donors (Lipinski definition) is 1. The molecule has 1 rings (SSSR count). The van der Waals surface area contributed by atoms with Crippen LogP contribution >= 0.6 is 0 Å². The highest BCUT2D eigenvalue weighted by Crippen LogP contribution is 2.07. The number of aromatic amines is 1. The van der Waals surface area contributed by atoms with Crippen molar-refractivity contribution in [2.45, 2.75) is 26.7 Å². The molecule has 0 aromatic carbocycles. The Hall–Kier alpha value is -1.12. The van der Waals surface area contributed by atoms with E-state index in [1.807, 2.05) is 13.8 Å². The monoisotopic (exact) mass is 152 g/mol. The molecule has 0 aliphatic rings. The number of hydrogen-bond acceptors (Lipinski definition) is 2. The molecule has 0 aliphatic heterocycles. The van der Waals surface area contributed by atoms with Crippen molar-refractivity contribution in [3.8, 4) is 0 Å². The summed E-state index contributed by atoms with van der Waals surface area (Å²) in [5.41, 5.74) is 1.62. The van der Waals surface area contributed by atoms with Gasteiger partial charge in [-0.15, -0.1) is 0 Å². The van der Waals surface area contributed by atoms with Crippen molar-refractivity contribution in [1.82, 2.24) is 10.2 Å². The van der Waals surface area contributed by atoms with E-state index in [0.717, 1.165) is 17.7 Å². The van der Waals surface area contributed by atoms with Gasteiger partial charge in [0.1, 0.15) is 0 Å². The van der Waals surface area contributed by atoms with Crippen LogP contribution in [-0.4, -0.2) is 16.0 Å². The van der Waals surface area contributed by atoms with Crippen molar-refractivity contribution in [2.75, 3.05) is 0 Å². The Labute approximate surface area is 65.8 Å². The van der Waals surface area contributed by atoms with E-state index in [-0.39, 0.29) is 5.78 Å². The molecule has 0 spiro atoms. The molecule has 60 valence electrons. The van der Waals surface area contributed by atoms with Gasteiger partial charge in [-0.05, 0) is 6.42 Å². The lowest BCUT2D eigenvalue weighted by atomic mass is 10.1. The third kappa shape index (κ3) is 1.48. The number of carbonyl (C=O) groups excluding carboxylic acids is 1. The fourth-order valence-electron chi connectivity index (χ4n) is 1.02. The Bertz CT molecular complexity index is 252. The van der Waals surface area contributed by atoms with Crippen molar-refractivity contribution in [2.24, 2.45) is 0 Å². The third-order valence-corrected chi connectivity index (χ3v) is 1.68. The van der Waals surface area contributed by atoms with Crippen molar-refractivity contribution in [3.05, 3.63) is 17.5 Å². The van der Waals surface area contributed by atoms with E-state index in [1.54, 1.807) is 6.20 Å². The second-order valence-corrected chi connectivity index (χ2v) is 2.38. The molecule has 0 saturated carbocycles. The van der Waals surface area contributed by atoms with Crippen LogP contribution in [0.2, 0.25) is 0 Å². The molecule has 1 N–H and O–H groups in total. The minimum absolute atomic E-state index is 0.163. The van der Waals surface area contributed by atoms with Crippen molar-refractivity contribution in [3.63, 3.8) is 0 Å². The van der Waals surface area contributed by atoms with Crippen LogP contribution in [0.3, 0.4) is 0 Å². The minimum Gasteiger partial charge on any atom is -0.294 e. The Balaban J connectivity index is 2.92. The summed E-state index contributed by atoms with van der Waals surface area (Å²) >= 11 is 0. The van der Waals surface area contributed by atoms with Crippen molar-refractivity contribution in [1.29, 1.82) is 0 Å². The molecule has 1 aromatic rings. The zero-order valence-electron chi connectivity index (χ0n) is 6.85. The highest BCUT2D eigenvalue weighted by molar-refractivity contribution is 5.96. The van der Waals surface area contributed by atoms with Gasteiger partial charge in [0.15, 0.2) is 5.78 Å². The molecular weight excluding hydrogens is 140 g/mol. The first-order valence-corrected chi connectivity index (χ1v) is 3.85. The van der Waals surface area contributed by atoms with E-state index in [0.29, 0.717) is 6.42 Å². The number of rotatable bonds is 3. The van der Waals surface area contributed by atoms with Gasteiger partial charge in [0.05, 0.1) is 11.3 Å². The van der Waals surface area contributed by atoms with Crippen LogP contribution in [0.5, 0.6) is 0 Å². The minimum atomic E-state index is 0.163. The molecule has 1 aromatic heterocycles. The number of nitrogens with zero attached hydrogens (tertiary/aromatic N) is 1. The van der Waals surface area contributed by atoms with Crippen LogP contribution in [0.4, 0.5) is 0 Å². The van der Waals surface area contributed by atoms with Gasteiger partial charge >= 0.3 is 0 Å². The summed E-state index contributed by atoms with van der Waals surface area (Å²) in [5, 5.41) is 6.65. The Morgan fingerprint density at radius 2 is 2.36 bits per heavy atom. The molecule has 3 heteroatoms. The van der Waals surface area contributed by atoms with E-state index in [1.165, 1.54) is 0 Å². The van der Waals surface area contributed by atoms with Gasteiger partial charge in [0.2, 0.25) is 0 Å². The average Bonchev–Trinajstić information content (AvgIpc) is 2.50. The zero-order chi connectivity index (χ0) is 8.27. The summed E-state index contributed by atoms with van der Waals surface area (Å²) in [6, 6.07) is 0. The summed E-state index contributed by atoms with van der Waals surface area (Å²) in [7, 11) is 0. The molecule has 0 unspecified atom stereocenters. The summed E-state index contributed by atoms with van der Waals surface area (Å²) < 4.78 is 0. The van der Waals surface area contributed by atoms with Crippen LogP contribution in [0.25, 0.3) is 0 Å². The van der Waals surface area contributed by atoms with Crippen LogP contribution in [0, 0.1) is 0 Å². The predicted octanol–water partition coefficient (Wildman–Crippen LogP) is 1.56. The van der Waals surface area contributed by atoms with E-state index >= 15 is 0 Å². The Kier molecular flexibility index (Phi) is 2.41. The maximum Gasteiger partial charge on any atom is 0.166 e. The summed E-state index contributed by atoms with van der Waals surface area (Å²) in [6.07, 6.45) is 3.03. The molecule has 0 bridgehead atoms. The van der Waals surface area contributed by atoms with E-state index in [4.69, 9.17) is 0 Å². The van der Waals surface area contributed by atoms with Crippen LogP contribution in [0.15, 0.2) is 6.20 Å². The molecule has 3 nitrogen and oxygen atoms in total. The Morgan fingerprint density at radius 3 is 2.91 bits per heavy atom. The molecule has 0 saturated heterocycles. The molecule has 0 radical (unpaired) electrons. The first-order chi connectivity index (χ1) is 5.29. The normalized spacial score (nSPS) is 10.0. The van der Waals surface area contributed by atoms with Gasteiger partial charge in [-0.3, -0.25) is 9.89 Å². The number of Topliss-reactive ketones (excluding diaryl/α,β-unsaturated/α-hetero) is 1. The highest BCUT2D eigenvalue weighted by Gasteiger charge is 2.09. The summed E-state index contributed by atoms with van der Waals surface area (Å²) in [6.45, 7) is 3.84. The fourth-order valence-corrected chi connectivity index (χ4v) is 1.02. The topological polar surface area (TPSA) is 45.8 Å². The quantitative estimate of drug-likeness (QED) is 0.668. The van der Waals surface area contributed by atoms with E-state index in [2.05, 4.69) is 10.2 Å². The first-order valence-electron chi connectivity index (χ1n) is 3.85. The number of aryl methyl sites for hydroxylation is 1. The van der Waals surface area contributed by atoms with Gasteiger partial charge < -0.3 is 0 Å². The number of ketones is 1. The number of H-pyrrole nitrogens is 1. The molecule has 0 amide bonds. The number of carbonyl (C=O) groups is 1. The van der Waals surface area contributed by atoms with Gasteiger partial charge in [0, 0.05) is 12.6 Å². The molecule has 0 atom stereocenters. The number of nitrogens with one attached hydrogen (secondary N) is 1. The van der Waals surface area contributed by atoms with E-state index < -0.39 is 0 Å². The summed E-state index contributed by atoms with van der Waals surface area (Å²) in [4.78, 5) is 11.2. The van der Waals surface area contributed by atoms with Gasteiger partial charge in [-0.2, -0.15) is 5.10 Å². The largest absolute Gasteiger partial charge is 0.294 e. The molecular formula is C8H12N2O. The zero-order valence-corrected chi connectivity index (χ0v) is 6.85. The second kappa shape index (κ2) is 3.32. The van der Waals surface area contributed by atoms with E-state index in [9.17, 15) is 4.79 Å². The molecule has 0 fully saturated rings. The summed E-state index contributed by atoms with van der Waals surface area (Å²) in [5.74, 6) is 0.163. The molecule has 1 heterocycles. The lowest BCUT2D eigenvalue weighted by molar-refractivity contribution is 0.0987. The maximum atomic E-state index is 11.2. The standard InChI is InChI=1S/C8H12N2O/c1-3-7-6(5-9-10-7)8(11)4-2/h5H,3-4H2,1-2H3,(H,9,10). The first kappa shape index (κ1) is 7.98. The van der Waals surface area contributed by atoms with Crippen LogP contribution in [-0.2, 0) is 6.42 Å². The SMILES string of the molecule is CCC(=O)c1c[nH]nc1CC. The van der Waals surface area contributed by atoms with Gasteiger partial charge in [-0.1, -0.05) is 13.8 Å². The van der Waals surface area contributed by atoms with Gasteiger partial charge in [0.25, 0.3) is 0 Å². The molecule has 11 heavy (non-hydrogen) atoms. The lowest BCUT2D eigenvalue weighted by Gasteiger charge is -1.93. The maximum absolute atomic E-state index is 11.2. The van der Waals surface area contributed by atoms with Gasteiger partial charge in [-0.25, -0.2) is 0 Å². The van der Waals surface area contributed by atoms with Crippen molar-refractivity contribution >= 4 is 5.78 Å². The van der Waals surface area contributed by atoms with Crippen LogP contribution < -0.4 is 0 Å². The second-order valence-electron chi connectivity index (χ2n) is 2.38. The molecule has 0 aliphatic carbocycles. The third-order valence-electron chi connectivity index (χ3n) is 1.68. The lowest BCUT2D eigenvalue weighted by Crippen LogP contribution is -1.98. The average molecular weight is 152 g/mol. The van der Waals surface area contributed by atoms with Crippen LogP contribution in [0.1, 0.15) is 36.3 Å². The number of aromatic nitrogens is 2. The van der Waals surface area contributed by atoms with Crippen molar-refractivity contribution < 1.29 is 4.79 Å². The predicted molar refractivity (Wildman–Crippen MR) is 42.6 cm³/mol.